The summed E-state index contributed by atoms with van der Waals surface area (Å²) in [7, 11) is 0. The fourth-order valence-corrected chi connectivity index (χ4v) is 1.82. The molecule has 1 aromatic carbocycles. The molecule has 0 saturated heterocycles. The lowest BCUT2D eigenvalue weighted by atomic mass is 10.1. The first kappa shape index (κ1) is 13.9. The van der Waals surface area contributed by atoms with Gasteiger partial charge < -0.3 is 15.7 Å². The molecule has 104 valence electrons. The zero-order chi connectivity index (χ0) is 14.5. The van der Waals surface area contributed by atoms with E-state index in [1.165, 1.54) is 5.56 Å². The second-order valence-electron chi connectivity index (χ2n) is 4.33. The van der Waals surface area contributed by atoms with Crippen molar-refractivity contribution in [2.45, 2.75) is 13.8 Å². The average molecular weight is 271 g/mol. The van der Waals surface area contributed by atoms with E-state index in [4.69, 9.17) is 15.7 Å². The van der Waals surface area contributed by atoms with Crippen molar-refractivity contribution in [3.05, 3.63) is 47.5 Å². The molecule has 0 aliphatic heterocycles. The van der Waals surface area contributed by atoms with E-state index in [-0.39, 0.29) is 5.84 Å². The molecule has 0 aliphatic rings. The molecule has 0 unspecified atom stereocenters. The Morgan fingerprint density at radius 3 is 2.55 bits per heavy atom. The third-order valence-electron chi connectivity index (χ3n) is 2.87. The molecular weight excluding hydrogens is 254 g/mol. The number of amidine groups is 1. The second-order valence-corrected chi connectivity index (χ2v) is 4.33. The van der Waals surface area contributed by atoms with Gasteiger partial charge in [-0.2, -0.15) is 0 Å². The first-order chi connectivity index (χ1) is 9.65. The van der Waals surface area contributed by atoms with Crippen LogP contribution in [0, 0.1) is 6.92 Å². The Kier molecular flexibility index (Phi) is 4.20. The van der Waals surface area contributed by atoms with Crippen LogP contribution < -0.4 is 10.5 Å². The Labute approximate surface area is 117 Å². The molecule has 0 atom stereocenters. The van der Waals surface area contributed by atoms with Crippen LogP contribution in [0.15, 0.2) is 41.6 Å². The fraction of sp³-hybridized carbons (Fsp3) is 0.200. The maximum Gasteiger partial charge on any atom is 0.225 e. The van der Waals surface area contributed by atoms with Crippen LogP contribution >= 0.6 is 0 Å². The summed E-state index contributed by atoms with van der Waals surface area (Å²) in [4.78, 5) is 4.44. The minimum absolute atomic E-state index is 0.0172. The van der Waals surface area contributed by atoms with Gasteiger partial charge in [-0.3, -0.25) is 0 Å². The van der Waals surface area contributed by atoms with Gasteiger partial charge in [0.1, 0.15) is 0 Å². The predicted molar refractivity (Wildman–Crippen MR) is 78.1 cm³/mol. The molecule has 3 N–H and O–H groups in total. The van der Waals surface area contributed by atoms with Gasteiger partial charge in [-0.05, 0) is 26.0 Å². The third-order valence-corrected chi connectivity index (χ3v) is 2.87. The van der Waals surface area contributed by atoms with Crippen molar-refractivity contribution < 1.29 is 9.94 Å². The summed E-state index contributed by atoms with van der Waals surface area (Å²) in [5, 5.41) is 11.8. The lowest BCUT2D eigenvalue weighted by Gasteiger charge is -2.10. The van der Waals surface area contributed by atoms with Crippen molar-refractivity contribution in [3.63, 3.8) is 0 Å². The SMILES string of the molecule is CCOc1nc(-c2ccc(C)cc2)ccc1/C(N)=N/O. The number of ether oxygens (including phenoxy) is 1. The molecule has 0 amide bonds. The smallest absolute Gasteiger partial charge is 0.225 e. The number of hydrogen-bond acceptors (Lipinski definition) is 4. The van der Waals surface area contributed by atoms with Crippen molar-refractivity contribution in [1.82, 2.24) is 4.98 Å². The van der Waals surface area contributed by atoms with E-state index in [9.17, 15) is 0 Å². The van der Waals surface area contributed by atoms with Crippen LogP contribution in [0.4, 0.5) is 0 Å². The molecule has 0 bridgehead atoms. The lowest BCUT2D eigenvalue weighted by Crippen LogP contribution is -2.15. The Hall–Kier alpha value is -2.56. The molecule has 0 spiro atoms. The van der Waals surface area contributed by atoms with Gasteiger partial charge in [0, 0.05) is 5.56 Å². The van der Waals surface area contributed by atoms with Crippen LogP contribution in [0.5, 0.6) is 5.88 Å². The van der Waals surface area contributed by atoms with Gasteiger partial charge in [0.25, 0.3) is 0 Å². The number of pyridine rings is 1. The summed E-state index contributed by atoms with van der Waals surface area (Å²) < 4.78 is 5.46. The summed E-state index contributed by atoms with van der Waals surface area (Å²) in [5.41, 5.74) is 9.05. The molecule has 2 aromatic rings. The minimum atomic E-state index is -0.0172. The largest absolute Gasteiger partial charge is 0.477 e. The van der Waals surface area contributed by atoms with Crippen molar-refractivity contribution in [1.29, 1.82) is 0 Å². The van der Waals surface area contributed by atoms with Crippen LogP contribution in [0.3, 0.4) is 0 Å². The number of oxime groups is 1. The second kappa shape index (κ2) is 6.06. The summed E-state index contributed by atoms with van der Waals surface area (Å²) in [6.45, 7) is 4.34. The Balaban J connectivity index is 2.46. The van der Waals surface area contributed by atoms with E-state index >= 15 is 0 Å². The summed E-state index contributed by atoms with van der Waals surface area (Å²) in [5.74, 6) is 0.345. The fourth-order valence-electron chi connectivity index (χ4n) is 1.82. The Bertz CT molecular complexity index is 622. The number of nitrogens with zero attached hydrogens (tertiary/aromatic N) is 2. The molecule has 1 aromatic heterocycles. The molecule has 1 heterocycles. The Morgan fingerprint density at radius 1 is 1.25 bits per heavy atom. The van der Waals surface area contributed by atoms with Gasteiger partial charge in [-0.1, -0.05) is 35.0 Å². The van der Waals surface area contributed by atoms with Crippen LogP contribution in [0.25, 0.3) is 11.3 Å². The monoisotopic (exact) mass is 271 g/mol. The molecule has 2 rings (SSSR count). The van der Waals surface area contributed by atoms with E-state index in [0.717, 1.165) is 11.3 Å². The number of benzene rings is 1. The van der Waals surface area contributed by atoms with Gasteiger partial charge in [0.15, 0.2) is 5.84 Å². The highest BCUT2D eigenvalue weighted by Gasteiger charge is 2.12. The Morgan fingerprint density at radius 2 is 1.95 bits per heavy atom. The van der Waals surface area contributed by atoms with Crippen molar-refractivity contribution in [2.75, 3.05) is 6.61 Å². The molecule has 0 aliphatic carbocycles. The molecule has 0 fully saturated rings. The molecule has 0 radical (unpaired) electrons. The lowest BCUT2D eigenvalue weighted by molar-refractivity contribution is 0.315. The maximum atomic E-state index is 8.78. The maximum absolute atomic E-state index is 8.78. The summed E-state index contributed by atoms with van der Waals surface area (Å²) >= 11 is 0. The number of nitrogens with two attached hydrogens (primary N) is 1. The molecule has 20 heavy (non-hydrogen) atoms. The molecule has 5 heteroatoms. The third kappa shape index (κ3) is 2.88. The van der Waals surface area contributed by atoms with Crippen LogP contribution in [-0.4, -0.2) is 22.6 Å². The standard InChI is InChI=1S/C15H17N3O2/c1-3-20-15-12(14(16)18-19)8-9-13(17-15)11-6-4-10(2)5-7-11/h4-9,19H,3H2,1-2H3,(H2,16,18). The van der Waals surface area contributed by atoms with Crippen LogP contribution in [-0.2, 0) is 0 Å². The highest BCUT2D eigenvalue weighted by atomic mass is 16.5. The first-order valence-electron chi connectivity index (χ1n) is 6.34. The number of hydrogen-bond donors (Lipinski definition) is 2. The number of rotatable bonds is 4. The quantitative estimate of drug-likeness (QED) is 0.387. The van der Waals surface area contributed by atoms with Crippen molar-refractivity contribution >= 4 is 5.84 Å². The van der Waals surface area contributed by atoms with Gasteiger partial charge >= 0.3 is 0 Å². The van der Waals surface area contributed by atoms with E-state index < -0.39 is 0 Å². The van der Waals surface area contributed by atoms with Gasteiger partial charge in [-0.15, -0.1) is 0 Å². The van der Waals surface area contributed by atoms with Gasteiger partial charge in [0.05, 0.1) is 17.9 Å². The van der Waals surface area contributed by atoms with Gasteiger partial charge in [0.2, 0.25) is 5.88 Å². The zero-order valence-corrected chi connectivity index (χ0v) is 11.5. The summed E-state index contributed by atoms with van der Waals surface area (Å²) in [6.07, 6.45) is 0. The van der Waals surface area contributed by atoms with E-state index in [1.54, 1.807) is 6.07 Å². The normalized spacial score (nSPS) is 11.4. The number of aryl methyl sites for hydroxylation is 1. The van der Waals surface area contributed by atoms with E-state index in [0.29, 0.717) is 18.1 Å². The highest BCUT2D eigenvalue weighted by molar-refractivity contribution is 5.99. The summed E-state index contributed by atoms with van der Waals surface area (Å²) in [6, 6.07) is 11.6. The molecule has 0 saturated carbocycles. The molecule has 5 nitrogen and oxygen atoms in total. The van der Waals surface area contributed by atoms with E-state index in [2.05, 4.69) is 10.1 Å². The van der Waals surface area contributed by atoms with Gasteiger partial charge in [-0.25, -0.2) is 4.98 Å². The zero-order valence-electron chi connectivity index (χ0n) is 11.5. The minimum Gasteiger partial charge on any atom is -0.477 e. The first-order valence-corrected chi connectivity index (χ1v) is 6.34. The predicted octanol–water partition coefficient (Wildman–Crippen LogP) is 2.55. The van der Waals surface area contributed by atoms with Crippen LogP contribution in [0.1, 0.15) is 18.1 Å². The van der Waals surface area contributed by atoms with Crippen molar-refractivity contribution in [3.8, 4) is 17.1 Å². The number of aromatic nitrogens is 1. The van der Waals surface area contributed by atoms with Crippen molar-refractivity contribution in [2.24, 2.45) is 10.9 Å². The average Bonchev–Trinajstić information content (AvgIpc) is 2.47. The highest BCUT2D eigenvalue weighted by Crippen LogP contribution is 2.23. The topological polar surface area (TPSA) is 80.7 Å². The van der Waals surface area contributed by atoms with Crippen LogP contribution in [0.2, 0.25) is 0 Å². The molecular formula is C15H17N3O2. The van der Waals surface area contributed by atoms with E-state index in [1.807, 2.05) is 44.2 Å².